The molecule has 0 radical (unpaired) electrons. The second kappa shape index (κ2) is 5.35. The van der Waals surface area contributed by atoms with Crippen LogP contribution in [0.4, 0.5) is 13.2 Å². The Morgan fingerprint density at radius 1 is 1.00 bits per heavy atom. The predicted octanol–water partition coefficient (Wildman–Crippen LogP) is 4.63. The van der Waals surface area contributed by atoms with Crippen molar-refractivity contribution >= 4 is 15.9 Å². The third kappa shape index (κ3) is 2.98. The van der Waals surface area contributed by atoms with Gasteiger partial charge in [-0.05, 0) is 28.8 Å². The molecule has 0 amide bonds. The highest BCUT2D eigenvalue weighted by atomic mass is 79.9. The highest BCUT2D eigenvalue weighted by Gasteiger charge is 2.34. The van der Waals surface area contributed by atoms with Crippen LogP contribution in [0.5, 0.6) is 0 Å². The molecule has 1 nitrogen and oxygen atoms in total. The molecular formula is C14H10BrF3O. The van der Waals surface area contributed by atoms with Gasteiger partial charge >= 0.3 is 6.18 Å². The van der Waals surface area contributed by atoms with Crippen LogP contribution in [0.2, 0.25) is 0 Å². The lowest BCUT2D eigenvalue weighted by Crippen LogP contribution is -2.08. The molecular weight excluding hydrogens is 321 g/mol. The van der Waals surface area contributed by atoms with E-state index < -0.39 is 11.7 Å². The van der Waals surface area contributed by atoms with Gasteiger partial charge in [-0.15, -0.1) is 0 Å². The molecule has 0 bridgehead atoms. The number of halogens is 4. The van der Waals surface area contributed by atoms with Crippen molar-refractivity contribution in [3.63, 3.8) is 0 Å². The van der Waals surface area contributed by atoms with Gasteiger partial charge < -0.3 is 5.11 Å². The Bertz CT molecular complexity index is 593. The van der Waals surface area contributed by atoms with Crippen LogP contribution >= 0.6 is 15.9 Å². The van der Waals surface area contributed by atoms with Crippen molar-refractivity contribution in [3.05, 3.63) is 58.1 Å². The van der Waals surface area contributed by atoms with E-state index in [9.17, 15) is 18.3 Å². The summed E-state index contributed by atoms with van der Waals surface area (Å²) in [5.74, 6) is 0. The van der Waals surface area contributed by atoms with Gasteiger partial charge in [-0.25, -0.2) is 0 Å². The number of rotatable bonds is 2. The molecule has 0 heterocycles. The molecule has 1 N–H and O–H groups in total. The summed E-state index contributed by atoms with van der Waals surface area (Å²) in [4.78, 5) is 0. The van der Waals surface area contributed by atoms with E-state index in [2.05, 4.69) is 15.9 Å². The summed E-state index contributed by atoms with van der Waals surface area (Å²) in [5.41, 5.74) is 0.211. The molecule has 2 aromatic carbocycles. The van der Waals surface area contributed by atoms with Gasteiger partial charge in [0.05, 0.1) is 12.2 Å². The van der Waals surface area contributed by atoms with Gasteiger partial charge in [-0.1, -0.05) is 46.3 Å². The van der Waals surface area contributed by atoms with Crippen molar-refractivity contribution in [1.29, 1.82) is 0 Å². The Morgan fingerprint density at radius 3 is 2.32 bits per heavy atom. The largest absolute Gasteiger partial charge is 0.417 e. The maximum absolute atomic E-state index is 13.1. The Hall–Kier alpha value is -1.33. The molecule has 0 aliphatic rings. The van der Waals surface area contributed by atoms with Gasteiger partial charge in [0.25, 0.3) is 0 Å². The zero-order chi connectivity index (χ0) is 14.0. The van der Waals surface area contributed by atoms with Crippen LogP contribution < -0.4 is 0 Å². The minimum atomic E-state index is -4.44. The van der Waals surface area contributed by atoms with E-state index in [-0.39, 0.29) is 12.2 Å². The first-order valence-electron chi connectivity index (χ1n) is 5.49. The van der Waals surface area contributed by atoms with E-state index >= 15 is 0 Å². The maximum Gasteiger partial charge on any atom is 0.417 e. The third-order valence-electron chi connectivity index (χ3n) is 2.76. The lowest BCUT2D eigenvalue weighted by atomic mass is 9.95. The first-order chi connectivity index (χ1) is 8.93. The third-order valence-corrected chi connectivity index (χ3v) is 3.26. The van der Waals surface area contributed by atoms with Gasteiger partial charge in [-0.2, -0.15) is 13.2 Å². The first-order valence-corrected chi connectivity index (χ1v) is 6.28. The summed E-state index contributed by atoms with van der Waals surface area (Å²) in [7, 11) is 0. The summed E-state index contributed by atoms with van der Waals surface area (Å²) in [5, 5.41) is 9.24. The fraction of sp³-hybridized carbons (Fsp3) is 0.143. The molecule has 2 rings (SSSR count). The highest BCUT2D eigenvalue weighted by molar-refractivity contribution is 9.10. The first kappa shape index (κ1) is 14.1. The van der Waals surface area contributed by atoms with E-state index in [4.69, 9.17) is 0 Å². The quantitative estimate of drug-likeness (QED) is 0.851. The molecule has 0 fully saturated rings. The summed E-state index contributed by atoms with van der Waals surface area (Å²) in [6.07, 6.45) is -4.44. The Kier molecular flexibility index (Phi) is 3.96. The highest BCUT2D eigenvalue weighted by Crippen LogP contribution is 2.39. The second-order valence-electron chi connectivity index (χ2n) is 4.00. The van der Waals surface area contributed by atoms with Crippen molar-refractivity contribution < 1.29 is 18.3 Å². The number of benzene rings is 2. The van der Waals surface area contributed by atoms with Crippen molar-refractivity contribution in [2.75, 3.05) is 0 Å². The number of hydrogen-bond acceptors (Lipinski definition) is 1. The van der Waals surface area contributed by atoms with Gasteiger partial charge in [0, 0.05) is 4.47 Å². The standard InChI is InChI=1S/C14H10BrF3O/c15-10-5-6-12(13(7-10)14(16,17)18)11-4-2-1-3-9(11)8-19/h1-7,19H,8H2. The summed E-state index contributed by atoms with van der Waals surface area (Å²) >= 11 is 3.05. The van der Waals surface area contributed by atoms with Gasteiger partial charge in [0.1, 0.15) is 0 Å². The minimum Gasteiger partial charge on any atom is -0.392 e. The van der Waals surface area contributed by atoms with Crippen LogP contribution in [-0.4, -0.2) is 5.11 Å². The molecule has 19 heavy (non-hydrogen) atoms. The maximum atomic E-state index is 13.1. The van der Waals surface area contributed by atoms with E-state index in [0.29, 0.717) is 15.6 Å². The fourth-order valence-electron chi connectivity index (χ4n) is 1.91. The number of aliphatic hydroxyl groups is 1. The molecule has 0 atom stereocenters. The van der Waals surface area contributed by atoms with E-state index in [1.54, 1.807) is 30.3 Å². The zero-order valence-electron chi connectivity index (χ0n) is 9.71. The molecule has 5 heteroatoms. The average molecular weight is 331 g/mol. The molecule has 0 saturated carbocycles. The number of hydrogen-bond donors (Lipinski definition) is 1. The summed E-state index contributed by atoms with van der Waals surface area (Å²) in [6.45, 7) is -0.302. The normalized spacial score (nSPS) is 11.6. The fourth-order valence-corrected chi connectivity index (χ4v) is 2.27. The van der Waals surface area contributed by atoms with Gasteiger partial charge in [0.15, 0.2) is 0 Å². The van der Waals surface area contributed by atoms with Crippen LogP contribution in [0.25, 0.3) is 11.1 Å². The lowest BCUT2D eigenvalue weighted by molar-refractivity contribution is -0.137. The molecule has 0 unspecified atom stereocenters. The van der Waals surface area contributed by atoms with E-state index in [1.165, 1.54) is 6.07 Å². The Balaban J connectivity index is 2.69. The predicted molar refractivity (Wildman–Crippen MR) is 70.5 cm³/mol. The van der Waals surface area contributed by atoms with Gasteiger partial charge in [-0.3, -0.25) is 0 Å². The van der Waals surface area contributed by atoms with Crippen molar-refractivity contribution in [3.8, 4) is 11.1 Å². The van der Waals surface area contributed by atoms with Crippen LogP contribution in [0, 0.1) is 0 Å². The van der Waals surface area contributed by atoms with Crippen molar-refractivity contribution in [2.45, 2.75) is 12.8 Å². The van der Waals surface area contributed by atoms with Crippen LogP contribution in [-0.2, 0) is 12.8 Å². The molecule has 0 saturated heterocycles. The molecule has 0 aromatic heterocycles. The minimum absolute atomic E-state index is 0.0698. The number of alkyl halides is 3. The zero-order valence-corrected chi connectivity index (χ0v) is 11.3. The second-order valence-corrected chi connectivity index (χ2v) is 4.92. The van der Waals surface area contributed by atoms with Crippen molar-refractivity contribution in [2.24, 2.45) is 0 Å². The van der Waals surface area contributed by atoms with Crippen LogP contribution in [0.3, 0.4) is 0 Å². The monoisotopic (exact) mass is 330 g/mol. The molecule has 0 aliphatic heterocycles. The van der Waals surface area contributed by atoms with Crippen LogP contribution in [0.15, 0.2) is 46.9 Å². The Labute approximate surface area is 116 Å². The Morgan fingerprint density at radius 2 is 1.68 bits per heavy atom. The molecule has 100 valence electrons. The summed E-state index contributed by atoms with van der Waals surface area (Å²) in [6, 6.07) is 10.5. The molecule has 0 spiro atoms. The van der Waals surface area contributed by atoms with Crippen molar-refractivity contribution in [1.82, 2.24) is 0 Å². The molecule has 0 aliphatic carbocycles. The topological polar surface area (TPSA) is 20.2 Å². The molecule has 2 aromatic rings. The van der Waals surface area contributed by atoms with E-state index in [1.807, 2.05) is 0 Å². The van der Waals surface area contributed by atoms with E-state index in [0.717, 1.165) is 6.07 Å². The number of aliphatic hydroxyl groups excluding tert-OH is 1. The SMILES string of the molecule is OCc1ccccc1-c1ccc(Br)cc1C(F)(F)F. The average Bonchev–Trinajstić information content (AvgIpc) is 2.37. The van der Waals surface area contributed by atoms with Crippen LogP contribution in [0.1, 0.15) is 11.1 Å². The van der Waals surface area contributed by atoms with Gasteiger partial charge in [0.2, 0.25) is 0 Å². The lowest BCUT2D eigenvalue weighted by Gasteiger charge is -2.15. The smallest absolute Gasteiger partial charge is 0.392 e. The summed E-state index contributed by atoms with van der Waals surface area (Å²) < 4.78 is 39.6.